The summed E-state index contributed by atoms with van der Waals surface area (Å²) in [4.78, 5) is 25.9. The first-order chi connectivity index (χ1) is 13.7. The van der Waals surface area contributed by atoms with E-state index >= 15 is 0 Å². The SMILES string of the molecule is CCc1cccc(C)c1NC(=O)c1oc2ccc3c(c2c1C)C(=O)CC(C)(C)O3. The Hall–Kier alpha value is -3.08. The van der Waals surface area contributed by atoms with Gasteiger partial charge in [0, 0.05) is 16.6 Å². The lowest BCUT2D eigenvalue weighted by molar-refractivity contribution is 0.0623. The van der Waals surface area contributed by atoms with E-state index in [1.54, 1.807) is 12.1 Å². The summed E-state index contributed by atoms with van der Waals surface area (Å²) < 4.78 is 11.9. The van der Waals surface area contributed by atoms with Gasteiger partial charge in [0.15, 0.2) is 11.5 Å². The number of hydrogen-bond acceptors (Lipinski definition) is 4. The number of amides is 1. The van der Waals surface area contributed by atoms with Gasteiger partial charge in [-0.25, -0.2) is 0 Å². The van der Waals surface area contributed by atoms with Crippen molar-refractivity contribution in [2.75, 3.05) is 5.32 Å². The van der Waals surface area contributed by atoms with Gasteiger partial charge in [-0.15, -0.1) is 0 Å². The molecule has 0 atom stereocenters. The minimum atomic E-state index is -0.545. The van der Waals surface area contributed by atoms with Gasteiger partial charge in [0.1, 0.15) is 16.9 Å². The Morgan fingerprint density at radius 1 is 1.17 bits per heavy atom. The van der Waals surface area contributed by atoms with E-state index in [1.165, 1.54) is 0 Å². The predicted octanol–water partition coefficient (Wildman–Crippen LogP) is 5.61. The second-order valence-electron chi connectivity index (χ2n) is 8.25. The molecule has 1 N–H and O–H groups in total. The van der Waals surface area contributed by atoms with E-state index in [4.69, 9.17) is 9.15 Å². The van der Waals surface area contributed by atoms with Crippen molar-refractivity contribution in [3.63, 3.8) is 0 Å². The van der Waals surface area contributed by atoms with Crippen molar-refractivity contribution >= 4 is 28.3 Å². The zero-order valence-electron chi connectivity index (χ0n) is 17.4. The normalized spacial score (nSPS) is 15.1. The smallest absolute Gasteiger partial charge is 0.291 e. The molecule has 1 aliphatic heterocycles. The molecule has 0 bridgehead atoms. The van der Waals surface area contributed by atoms with Gasteiger partial charge in [-0.3, -0.25) is 9.59 Å². The fourth-order valence-electron chi connectivity index (χ4n) is 4.08. The summed E-state index contributed by atoms with van der Waals surface area (Å²) in [6.45, 7) is 9.62. The molecule has 1 aromatic heterocycles. The highest BCUT2D eigenvalue weighted by Gasteiger charge is 2.35. The molecule has 1 amide bonds. The quantitative estimate of drug-likeness (QED) is 0.630. The van der Waals surface area contributed by atoms with Crippen molar-refractivity contribution in [1.82, 2.24) is 0 Å². The molecule has 0 unspecified atom stereocenters. The molecule has 4 rings (SSSR count). The van der Waals surface area contributed by atoms with Crippen molar-refractivity contribution in [2.45, 2.75) is 53.1 Å². The average Bonchev–Trinajstić information content (AvgIpc) is 2.99. The highest BCUT2D eigenvalue weighted by molar-refractivity contribution is 6.15. The molecule has 29 heavy (non-hydrogen) atoms. The topological polar surface area (TPSA) is 68.5 Å². The third-order valence-corrected chi connectivity index (χ3v) is 5.49. The van der Waals surface area contributed by atoms with E-state index in [0.717, 1.165) is 23.2 Å². The molecular weight excluding hydrogens is 366 g/mol. The van der Waals surface area contributed by atoms with Crippen molar-refractivity contribution in [1.29, 1.82) is 0 Å². The molecule has 5 nitrogen and oxygen atoms in total. The highest BCUT2D eigenvalue weighted by atomic mass is 16.5. The third kappa shape index (κ3) is 3.20. The van der Waals surface area contributed by atoms with Crippen LogP contribution < -0.4 is 10.1 Å². The molecule has 2 heterocycles. The lowest BCUT2D eigenvalue weighted by Crippen LogP contribution is -2.35. The fourth-order valence-corrected chi connectivity index (χ4v) is 4.08. The molecular formula is C24H25NO4. The van der Waals surface area contributed by atoms with Crippen LogP contribution >= 0.6 is 0 Å². The summed E-state index contributed by atoms with van der Waals surface area (Å²) in [5.41, 5.74) is 4.00. The summed E-state index contributed by atoms with van der Waals surface area (Å²) in [5, 5.41) is 3.66. The molecule has 150 valence electrons. The van der Waals surface area contributed by atoms with Crippen molar-refractivity contribution in [2.24, 2.45) is 0 Å². The predicted molar refractivity (Wildman–Crippen MR) is 113 cm³/mol. The number of nitrogens with one attached hydrogen (secondary N) is 1. The highest BCUT2D eigenvalue weighted by Crippen LogP contribution is 2.40. The molecule has 0 aliphatic carbocycles. The van der Waals surface area contributed by atoms with Crippen molar-refractivity contribution < 1.29 is 18.7 Å². The zero-order valence-corrected chi connectivity index (χ0v) is 17.4. The maximum absolute atomic E-state index is 13.1. The van der Waals surface area contributed by atoms with Crippen LogP contribution in [0.3, 0.4) is 0 Å². The second kappa shape index (κ2) is 6.76. The van der Waals surface area contributed by atoms with Crippen LogP contribution in [0.1, 0.15) is 64.8 Å². The number of ether oxygens (including phenoxy) is 1. The minimum absolute atomic E-state index is 0.00452. The van der Waals surface area contributed by atoms with Gasteiger partial charge >= 0.3 is 0 Å². The Kier molecular flexibility index (Phi) is 4.49. The Morgan fingerprint density at radius 3 is 2.66 bits per heavy atom. The summed E-state index contributed by atoms with van der Waals surface area (Å²) in [7, 11) is 0. The number of carbonyl (C=O) groups excluding carboxylic acids is 2. The van der Waals surface area contributed by atoms with Crippen molar-refractivity contribution in [3.05, 3.63) is 58.3 Å². The maximum Gasteiger partial charge on any atom is 0.291 e. The summed E-state index contributed by atoms with van der Waals surface area (Å²) in [5.74, 6) is 0.448. The monoisotopic (exact) mass is 391 g/mol. The minimum Gasteiger partial charge on any atom is -0.487 e. The summed E-state index contributed by atoms with van der Waals surface area (Å²) in [6.07, 6.45) is 1.10. The number of fused-ring (bicyclic) bond motifs is 3. The lowest BCUT2D eigenvalue weighted by atomic mass is 9.90. The Labute approximate surface area is 170 Å². The van der Waals surface area contributed by atoms with Crippen LogP contribution in [0.15, 0.2) is 34.7 Å². The fraction of sp³-hybridized carbons (Fsp3) is 0.333. The van der Waals surface area contributed by atoms with Crippen LogP contribution in [-0.2, 0) is 6.42 Å². The van der Waals surface area contributed by atoms with E-state index in [1.807, 2.05) is 45.9 Å². The van der Waals surface area contributed by atoms with Crippen molar-refractivity contribution in [3.8, 4) is 5.75 Å². The van der Waals surface area contributed by atoms with Gasteiger partial charge in [-0.1, -0.05) is 25.1 Å². The van der Waals surface area contributed by atoms with Gasteiger partial charge in [-0.2, -0.15) is 0 Å². The van der Waals surface area contributed by atoms with Crippen LogP contribution in [0.25, 0.3) is 11.0 Å². The van der Waals surface area contributed by atoms with E-state index < -0.39 is 5.60 Å². The first kappa shape index (κ1) is 19.2. The lowest BCUT2D eigenvalue weighted by Gasteiger charge is -2.31. The van der Waals surface area contributed by atoms with Crippen LogP contribution in [0.5, 0.6) is 5.75 Å². The number of Topliss-reactive ketones (excluding diaryl/α,β-unsaturated/α-hetero) is 1. The Bertz CT molecular complexity index is 1150. The van der Waals surface area contributed by atoms with E-state index in [9.17, 15) is 9.59 Å². The van der Waals surface area contributed by atoms with E-state index in [0.29, 0.717) is 27.8 Å². The molecule has 2 aromatic carbocycles. The molecule has 0 fully saturated rings. The Balaban J connectivity index is 1.79. The number of para-hydroxylation sites is 1. The van der Waals surface area contributed by atoms with Crippen LogP contribution in [-0.4, -0.2) is 17.3 Å². The first-order valence-corrected chi connectivity index (χ1v) is 9.90. The molecule has 0 saturated carbocycles. The second-order valence-corrected chi connectivity index (χ2v) is 8.25. The number of furan rings is 1. The molecule has 1 aliphatic rings. The number of aryl methyl sites for hydroxylation is 3. The molecule has 0 radical (unpaired) electrons. The molecule has 3 aromatic rings. The van der Waals surface area contributed by atoms with Crippen LogP contribution in [0.4, 0.5) is 5.69 Å². The van der Waals surface area contributed by atoms with E-state index in [-0.39, 0.29) is 23.9 Å². The van der Waals surface area contributed by atoms with Gasteiger partial charge < -0.3 is 14.5 Å². The van der Waals surface area contributed by atoms with Crippen LogP contribution in [0, 0.1) is 13.8 Å². The number of hydrogen-bond donors (Lipinski definition) is 1. The number of anilines is 1. The summed E-state index contributed by atoms with van der Waals surface area (Å²) in [6, 6.07) is 9.46. The van der Waals surface area contributed by atoms with Gasteiger partial charge in [0.2, 0.25) is 0 Å². The number of carbonyl (C=O) groups is 2. The number of benzene rings is 2. The molecule has 5 heteroatoms. The van der Waals surface area contributed by atoms with E-state index in [2.05, 4.69) is 12.2 Å². The molecule has 0 spiro atoms. The number of rotatable bonds is 3. The largest absolute Gasteiger partial charge is 0.487 e. The first-order valence-electron chi connectivity index (χ1n) is 9.90. The van der Waals surface area contributed by atoms with Gasteiger partial charge in [-0.05, 0) is 57.4 Å². The zero-order chi connectivity index (χ0) is 20.9. The Morgan fingerprint density at radius 2 is 1.93 bits per heavy atom. The summed E-state index contributed by atoms with van der Waals surface area (Å²) >= 11 is 0. The third-order valence-electron chi connectivity index (χ3n) is 5.49. The average molecular weight is 391 g/mol. The van der Waals surface area contributed by atoms with Crippen LogP contribution in [0.2, 0.25) is 0 Å². The standard InChI is InChI=1S/C24H25NO4/c1-6-15-9-7-8-13(2)21(15)25-23(27)22-14(3)19-17(28-22)10-11-18-20(19)16(26)12-24(4,5)29-18/h7-11H,6,12H2,1-5H3,(H,25,27). The maximum atomic E-state index is 13.1. The molecule has 0 saturated heterocycles. The number of ketones is 1. The van der Waals surface area contributed by atoms with Gasteiger partial charge in [0.05, 0.1) is 12.0 Å². The van der Waals surface area contributed by atoms with Gasteiger partial charge in [0.25, 0.3) is 5.91 Å².